The normalized spacial score (nSPS) is 17.9. The summed E-state index contributed by atoms with van der Waals surface area (Å²) in [6.45, 7) is 7.78. The van der Waals surface area contributed by atoms with Crippen molar-refractivity contribution in [2.24, 2.45) is 5.92 Å². The largest absolute Gasteiger partial charge is 0.444 e. The smallest absolute Gasteiger partial charge is 0.410 e. The summed E-state index contributed by atoms with van der Waals surface area (Å²) in [4.78, 5) is 13.6. The number of likely N-dealkylation sites (tertiary alicyclic amines) is 1. The maximum absolute atomic E-state index is 11.8. The Labute approximate surface area is 127 Å². The van der Waals surface area contributed by atoms with Crippen LogP contribution in [0, 0.1) is 5.92 Å². The second kappa shape index (κ2) is 7.76. The van der Waals surface area contributed by atoms with Crippen LogP contribution < -0.4 is 0 Å². The lowest BCUT2D eigenvalue weighted by Crippen LogP contribution is -2.42. The number of ether oxygens (including phenoxy) is 1. The van der Waals surface area contributed by atoms with Crippen LogP contribution in [0.25, 0.3) is 0 Å². The fraction of sp³-hybridized carbons (Fsp3) is 0.909. The fourth-order valence-electron chi connectivity index (χ4n) is 1.75. The van der Waals surface area contributed by atoms with Crippen LogP contribution in [0.1, 0.15) is 33.6 Å². The average Bonchev–Trinajstić information content (AvgIpc) is 2.28. The van der Waals surface area contributed by atoms with Crippen LogP contribution in [-0.2, 0) is 11.4 Å². The SMILES string of the molecule is CC(C)(C)OC(=O)N1CCC(COSOI)CC1. The zero-order chi connectivity index (χ0) is 13.6. The molecule has 0 aromatic carbocycles. The number of amides is 1. The zero-order valence-corrected chi connectivity index (χ0v) is 14.0. The molecule has 0 radical (unpaired) electrons. The summed E-state index contributed by atoms with van der Waals surface area (Å²) in [6, 6.07) is 0. The van der Waals surface area contributed by atoms with Crippen molar-refractivity contribution in [3.8, 4) is 0 Å². The monoisotopic (exact) mass is 389 g/mol. The molecule has 0 aliphatic carbocycles. The van der Waals surface area contributed by atoms with Crippen LogP contribution in [0.4, 0.5) is 4.79 Å². The topological polar surface area (TPSA) is 48.0 Å². The number of nitrogens with zero attached hydrogens (tertiary/aromatic N) is 1. The molecule has 0 saturated carbocycles. The van der Waals surface area contributed by atoms with Crippen molar-refractivity contribution in [3.63, 3.8) is 0 Å². The molecule has 7 heteroatoms. The Morgan fingerprint density at radius 1 is 1.39 bits per heavy atom. The highest BCUT2D eigenvalue weighted by atomic mass is 127. The van der Waals surface area contributed by atoms with Gasteiger partial charge < -0.3 is 9.64 Å². The van der Waals surface area contributed by atoms with Gasteiger partial charge in [0, 0.05) is 13.1 Å². The first-order valence-electron chi connectivity index (χ1n) is 5.97. The Balaban J connectivity index is 2.24. The minimum absolute atomic E-state index is 0.216. The second-order valence-corrected chi connectivity index (χ2v) is 6.90. The van der Waals surface area contributed by atoms with Crippen LogP contribution in [0.15, 0.2) is 0 Å². The Hall–Kier alpha value is 0.270. The molecule has 0 N–H and O–H groups in total. The number of carbonyl (C=O) groups excluding carboxylic acids is 1. The van der Waals surface area contributed by atoms with Crippen LogP contribution in [0.3, 0.4) is 0 Å². The van der Waals surface area contributed by atoms with Crippen LogP contribution in [0.2, 0.25) is 0 Å². The van der Waals surface area contributed by atoms with Gasteiger partial charge >= 0.3 is 6.09 Å². The third-order valence-corrected chi connectivity index (χ3v) is 3.37. The summed E-state index contributed by atoms with van der Waals surface area (Å²) in [5.41, 5.74) is -0.425. The Bertz CT molecular complexity index is 264. The van der Waals surface area contributed by atoms with Crippen molar-refractivity contribution < 1.29 is 16.2 Å². The van der Waals surface area contributed by atoms with E-state index in [9.17, 15) is 4.79 Å². The highest BCUT2D eigenvalue weighted by molar-refractivity contribution is 14.1. The van der Waals surface area contributed by atoms with Gasteiger partial charge in [-0.25, -0.2) is 7.31 Å². The van der Waals surface area contributed by atoms with Crippen LogP contribution in [0.5, 0.6) is 0 Å². The van der Waals surface area contributed by atoms with E-state index in [1.165, 1.54) is 0 Å². The molecular formula is C11H20INO4S. The van der Waals surface area contributed by atoms with Gasteiger partial charge in [0.25, 0.3) is 0 Å². The molecule has 0 atom stereocenters. The summed E-state index contributed by atoms with van der Waals surface area (Å²) in [7, 11) is 0. The van der Waals surface area contributed by atoms with Crippen molar-refractivity contribution >= 4 is 41.4 Å². The Morgan fingerprint density at radius 2 is 2.00 bits per heavy atom. The number of halogens is 1. The molecule has 0 aromatic heterocycles. The summed E-state index contributed by atoms with van der Waals surface area (Å²) in [6.07, 6.45) is 1.68. The summed E-state index contributed by atoms with van der Waals surface area (Å²) >= 11 is 2.77. The maximum atomic E-state index is 11.8. The minimum atomic E-state index is -0.425. The van der Waals surface area contributed by atoms with E-state index < -0.39 is 5.60 Å². The van der Waals surface area contributed by atoms with Gasteiger partial charge in [-0.3, -0.25) is 4.18 Å². The standard InChI is InChI=1S/C11H20INO4S/c1-11(2,3)16-10(14)13-6-4-9(5-7-13)8-15-18-17-12/h9H,4-8H2,1-3H3. The molecule has 5 nitrogen and oxygen atoms in total. The maximum Gasteiger partial charge on any atom is 0.410 e. The van der Waals surface area contributed by atoms with E-state index >= 15 is 0 Å². The summed E-state index contributed by atoms with van der Waals surface area (Å²) < 4.78 is 15.3. The first kappa shape index (κ1) is 16.3. The van der Waals surface area contributed by atoms with Crippen molar-refractivity contribution in [3.05, 3.63) is 0 Å². The first-order chi connectivity index (χ1) is 8.42. The van der Waals surface area contributed by atoms with E-state index in [-0.39, 0.29) is 6.09 Å². The molecule has 1 amide bonds. The molecule has 1 heterocycles. The van der Waals surface area contributed by atoms with Gasteiger partial charge in [0.15, 0.2) is 12.3 Å². The Morgan fingerprint density at radius 3 is 2.50 bits per heavy atom. The van der Waals surface area contributed by atoms with Gasteiger partial charge in [-0.1, -0.05) is 0 Å². The molecule has 18 heavy (non-hydrogen) atoms. The molecule has 0 bridgehead atoms. The predicted octanol–water partition coefficient (Wildman–Crippen LogP) is 3.58. The first-order valence-corrected chi connectivity index (χ1v) is 7.52. The molecule has 0 unspecified atom stereocenters. The second-order valence-electron chi connectivity index (χ2n) is 5.33. The molecule has 1 rings (SSSR count). The highest BCUT2D eigenvalue weighted by Gasteiger charge is 2.26. The van der Waals surface area contributed by atoms with Gasteiger partial charge in [0.05, 0.1) is 6.61 Å². The molecule has 1 saturated heterocycles. The van der Waals surface area contributed by atoms with Gasteiger partial charge in [0.1, 0.15) is 28.6 Å². The molecule has 0 aromatic rings. The van der Waals surface area contributed by atoms with E-state index in [0.717, 1.165) is 38.3 Å². The predicted molar refractivity (Wildman–Crippen MR) is 79.2 cm³/mol. The van der Waals surface area contributed by atoms with E-state index in [4.69, 9.17) is 11.4 Å². The Kier molecular flexibility index (Phi) is 7.04. The number of hydrogen-bond donors (Lipinski definition) is 0. The third kappa shape index (κ3) is 6.44. The van der Waals surface area contributed by atoms with Crippen LogP contribution >= 0.6 is 35.3 Å². The quantitative estimate of drug-likeness (QED) is 0.418. The number of hydrogen-bond acceptors (Lipinski definition) is 5. The summed E-state index contributed by atoms with van der Waals surface area (Å²) in [5, 5.41) is 0. The van der Waals surface area contributed by atoms with Gasteiger partial charge in [-0.2, -0.15) is 0 Å². The average molecular weight is 389 g/mol. The van der Waals surface area contributed by atoms with Gasteiger partial charge in [-0.05, 0) is 39.5 Å². The molecule has 1 aliphatic rings. The number of carbonyl (C=O) groups is 1. The number of rotatable bonds is 4. The van der Waals surface area contributed by atoms with Crippen molar-refractivity contribution in [2.45, 2.75) is 39.2 Å². The molecule has 1 fully saturated rings. The van der Waals surface area contributed by atoms with E-state index in [1.54, 1.807) is 27.9 Å². The molecular weight excluding hydrogens is 369 g/mol. The van der Waals surface area contributed by atoms with Gasteiger partial charge in [0.2, 0.25) is 0 Å². The van der Waals surface area contributed by atoms with Crippen molar-refractivity contribution in [1.82, 2.24) is 4.90 Å². The highest BCUT2D eigenvalue weighted by Crippen LogP contribution is 2.22. The lowest BCUT2D eigenvalue weighted by atomic mass is 9.98. The van der Waals surface area contributed by atoms with E-state index in [2.05, 4.69) is 0 Å². The van der Waals surface area contributed by atoms with Crippen molar-refractivity contribution in [1.29, 1.82) is 0 Å². The molecule has 106 valence electrons. The van der Waals surface area contributed by atoms with E-state index in [1.807, 2.05) is 20.8 Å². The lowest BCUT2D eigenvalue weighted by molar-refractivity contribution is 0.0167. The molecule has 1 aliphatic heterocycles. The minimum Gasteiger partial charge on any atom is -0.444 e. The van der Waals surface area contributed by atoms with Crippen LogP contribution in [-0.4, -0.2) is 36.3 Å². The molecule has 0 spiro atoms. The zero-order valence-electron chi connectivity index (χ0n) is 11.0. The fourth-order valence-corrected chi connectivity index (χ4v) is 2.35. The number of piperidine rings is 1. The lowest BCUT2D eigenvalue weighted by Gasteiger charge is -2.33. The van der Waals surface area contributed by atoms with E-state index in [0.29, 0.717) is 12.5 Å². The van der Waals surface area contributed by atoms with Crippen molar-refractivity contribution in [2.75, 3.05) is 19.7 Å². The third-order valence-electron chi connectivity index (χ3n) is 2.64. The van der Waals surface area contributed by atoms with Gasteiger partial charge in [-0.15, -0.1) is 0 Å². The summed E-state index contributed by atoms with van der Waals surface area (Å²) in [5.74, 6) is 0.489.